The Labute approximate surface area is 148 Å². The topological polar surface area (TPSA) is 63.0 Å². The maximum absolute atomic E-state index is 10.0. The first-order valence-corrected chi connectivity index (χ1v) is 8.58. The van der Waals surface area contributed by atoms with Crippen molar-refractivity contribution in [3.05, 3.63) is 71.2 Å². The van der Waals surface area contributed by atoms with Gasteiger partial charge in [0.1, 0.15) is 5.75 Å². The molecule has 5 heteroatoms. The molecule has 3 aromatic rings. The Morgan fingerprint density at radius 2 is 1.96 bits per heavy atom. The molecule has 3 rings (SSSR count). The molecule has 2 heterocycles. The largest absolute Gasteiger partial charge is 0.508 e. The Morgan fingerprint density at radius 3 is 2.56 bits per heavy atom. The van der Waals surface area contributed by atoms with Gasteiger partial charge >= 0.3 is 0 Å². The van der Waals surface area contributed by atoms with Crippen molar-refractivity contribution in [2.75, 3.05) is 0 Å². The molecular weight excluding hydrogens is 312 g/mol. The fourth-order valence-corrected chi connectivity index (χ4v) is 3.00. The van der Waals surface area contributed by atoms with Crippen LogP contribution >= 0.6 is 0 Å². The predicted molar refractivity (Wildman–Crippen MR) is 98.8 cm³/mol. The predicted octanol–water partition coefficient (Wildman–Crippen LogP) is 3.83. The third-order valence-corrected chi connectivity index (χ3v) is 4.31. The highest BCUT2D eigenvalue weighted by Gasteiger charge is 2.12. The molecule has 0 saturated carbocycles. The Kier molecular flexibility index (Phi) is 5.14. The minimum atomic E-state index is 0.108. The molecule has 0 fully saturated rings. The Balaban J connectivity index is 1.69. The number of phenols is 1. The summed E-state index contributed by atoms with van der Waals surface area (Å²) in [5.41, 5.74) is 4.08. The van der Waals surface area contributed by atoms with Crippen LogP contribution in [0.3, 0.4) is 0 Å². The number of aromatic hydroxyl groups is 1. The van der Waals surface area contributed by atoms with Crippen LogP contribution < -0.4 is 5.32 Å². The third kappa shape index (κ3) is 3.88. The normalized spacial score (nSPS) is 12.3. The summed E-state index contributed by atoms with van der Waals surface area (Å²) in [6.07, 6.45) is 2.77. The van der Waals surface area contributed by atoms with Gasteiger partial charge in [-0.2, -0.15) is 5.10 Å². The molecule has 0 aliphatic carbocycles. The number of benzene rings is 1. The standard InChI is InChI=1S/C20H24N4O/c1-4-18(17-7-5-6-8-19(17)25)21-12-16-9-10-20(22-13-16)24-15(3)11-14(2)23-24/h5-11,13,18,21,25H,4,12H2,1-3H3. The van der Waals surface area contributed by atoms with Crippen molar-refractivity contribution < 1.29 is 5.11 Å². The van der Waals surface area contributed by atoms with Crippen molar-refractivity contribution in [2.24, 2.45) is 0 Å². The number of rotatable bonds is 6. The quantitative estimate of drug-likeness (QED) is 0.718. The fraction of sp³-hybridized carbons (Fsp3) is 0.300. The van der Waals surface area contributed by atoms with E-state index in [0.717, 1.165) is 34.8 Å². The number of hydrogen-bond donors (Lipinski definition) is 2. The molecule has 1 aromatic carbocycles. The van der Waals surface area contributed by atoms with Gasteiger partial charge in [0, 0.05) is 30.0 Å². The maximum Gasteiger partial charge on any atom is 0.153 e. The highest BCUT2D eigenvalue weighted by molar-refractivity contribution is 5.34. The fourth-order valence-electron chi connectivity index (χ4n) is 3.00. The number of aromatic nitrogens is 3. The summed E-state index contributed by atoms with van der Waals surface area (Å²) in [5, 5.41) is 18.0. The molecule has 0 radical (unpaired) electrons. The van der Waals surface area contributed by atoms with E-state index in [1.165, 1.54) is 0 Å². The second-order valence-corrected chi connectivity index (χ2v) is 6.26. The Morgan fingerprint density at radius 1 is 1.16 bits per heavy atom. The molecule has 2 aromatic heterocycles. The van der Waals surface area contributed by atoms with Gasteiger partial charge in [-0.1, -0.05) is 31.2 Å². The van der Waals surface area contributed by atoms with E-state index in [1.807, 2.05) is 55.1 Å². The second kappa shape index (κ2) is 7.49. The lowest BCUT2D eigenvalue weighted by molar-refractivity contribution is 0.440. The molecule has 5 nitrogen and oxygen atoms in total. The smallest absolute Gasteiger partial charge is 0.153 e. The van der Waals surface area contributed by atoms with Crippen molar-refractivity contribution in [1.29, 1.82) is 0 Å². The molecule has 0 aliphatic heterocycles. The number of phenolic OH excluding ortho intramolecular Hbond substituents is 1. The summed E-state index contributed by atoms with van der Waals surface area (Å²) < 4.78 is 1.85. The molecule has 0 bridgehead atoms. The van der Waals surface area contributed by atoms with Crippen LogP contribution in [0.5, 0.6) is 5.75 Å². The molecular formula is C20H24N4O. The van der Waals surface area contributed by atoms with E-state index in [9.17, 15) is 5.11 Å². The van der Waals surface area contributed by atoms with E-state index in [-0.39, 0.29) is 6.04 Å². The lowest BCUT2D eigenvalue weighted by Gasteiger charge is -2.18. The van der Waals surface area contributed by atoms with E-state index in [2.05, 4.69) is 28.4 Å². The summed E-state index contributed by atoms with van der Waals surface area (Å²) in [6, 6.07) is 13.7. The summed E-state index contributed by atoms with van der Waals surface area (Å²) in [7, 11) is 0. The van der Waals surface area contributed by atoms with Crippen LogP contribution in [0, 0.1) is 13.8 Å². The molecule has 0 amide bonds. The summed E-state index contributed by atoms with van der Waals surface area (Å²) in [5.74, 6) is 1.15. The number of para-hydroxylation sites is 1. The summed E-state index contributed by atoms with van der Waals surface area (Å²) >= 11 is 0. The van der Waals surface area contributed by atoms with E-state index in [1.54, 1.807) is 6.07 Å². The molecule has 1 unspecified atom stereocenters. The molecule has 0 spiro atoms. The summed E-state index contributed by atoms with van der Waals surface area (Å²) in [6.45, 7) is 6.80. The molecule has 1 atom stereocenters. The zero-order chi connectivity index (χ0) is 17.8. The van der Waals surface area contributed by atoms with Crippen molar-refractivity contribution in [3.63, 3.8) is 0 Å². The first-order valence-electron chi connectivity index (χ1n) is 8.58. The lowest BCUT2D eigenvalue weighted by Crippen LogP contribution is -2.20. The molecule has 0 saturated heterocycles. The van der Waals surface area contributed by atoms with Crippen molar-refractivity contribution in [2.45, 2.75) is 39.8 Å². The van der Waals surface area contributed by atoms with Crippen LogP contribution in [0.1, 0.15) is 41.9 Å². The van der Waals surface area contributed by atoms with Crippen molar-refractivity contribution in [1.82, 2.24) is 20.1 Å². The first kappa shape index (κ1) is 17.2. The van der Waals surface area contributed by atoms with Gasteiger partial charge in [0.25, 0.3) is 0 Å². The minimum Gasteiger partial charge on any atom is -0.508 e. The monoisotopic (exact) mass is 336 g/mol. The van der Waals surface area contributed by atoms with Crippen LogP contribution in [-0.4, -0.2) is 19.9 Å². The van der Waals surface area contributed by atoms with Gasteiger partial charge in [0.15, 0.2) is 5.82 Å². The molecule has 130 valence electrons. The lowest BCUT2D eigenvalue weighted by atomic mass is 10.0. The number of hydrogen-bond acceptors (Lipinski definition) is 4. The second-order valence-electron chi connectivity index (χ2n) is 6.26. The highest BCUT2D eigenvalue weighted by atomic mass is 16.3. The zero-order valence-electron chi connectivity index (χ0n) is 14.9. The number of nitrogens with one attached hydrogen (secondary N) is 1. The number of pyridine rings is 1. The average molecular weight is 336 g/mol. The van der Waals surface area contributed by atoms with Gasteiger partial charge in [-0.15, -0.1) is 0 Å². The van der Waals surface area contributed by atoms with Crippen LogP contribution in [0.25, 0.3) is 5.82 Å². The zero-order valence-corrected chi connectivity index (χ0v) is 14.9. The van der Waals surface area contributed by atoms with Crippen molar-refractivity contribution in [3.8, 4) is 11.6 Å². The van der Waals surface area contributed by atoms with Crippen LogP contribution in [0.4, 0.5) is 0 Å². The van der Waals surface area contributed by atoms with Crippen molar-refractivity contribution >= 4 is 0 Å². The number of nitrogens with zero attached hydrogens (tertiary/aromatic N) is 3. The van der Waals surface area contributed by atoms with E-state index >= 15 is 0 Å². The minimum absolute atomic E-state index is 0.108. The van der Waals surface area contributed by atoms with E-state index < -0.39 is 0 Å². The number of aryl methyl sites for hydroxylation is 2. The van der Waals surface area contributed by atoms with E-state index in [4.69, 9.17) is 0 Å². The van der Waals surface area contributed by atoms with Crippen LogP contribution in [-0.2, 0) is 6.54 Å². The Hall–Kier alpha value is -2.66. The molecule has 2 N–H and O–H groups in total. The van der Waals surface area contributed by atoms with Crippen LogP contribution in [0.2, 0.25) is 0 Å². The van der Waals surface area contributed by atoms with Crippen LogP contribution in [0.15, 0.2) is 48.7 Å². The average Bonchev–Trinajstić information content (AvgIpc) is 2.96. The van der Waals surface area contributed by atoms with E-state index in [0.29, 0.717) is 12.3 Å². The van der Waals surface area contributed by atoms with Gasteiger partial charge < -0.3 is 10.4 Å². The first-order chi connectivity index (χ1) is 12.1. The molecule has 25 heavy (non-hydrogen) atoms. The SMILES string of the molecule is CCC(NCc1ccc(-n2nc(C)cc2C)nc1)c1ccccc1O. The van der Waals surface area contributed by atoms with Gasteiger partial charge in [-0.25, -0.2) is 9.67 Å². The Bertz CT molecular complexity index is 839. The maximum atomic E-state index is 10.0. The van der Waals surface area contributed by atoms with Gasteiger partial charge in [-0.3, -0.25) is 0 Å². The summed E-state index contributed by atoms with van der Waals surface area (Å²) in [4.78, 5) is 4.53. The molecule has 0 aliphatic rings. The highest BCUT2D eigenvalue weighted by Crippen LogP contribution is 2.26. The van der Waals surface area contributed by atoms with Gasteiger partial charge in [-0.05, 0) is 44.0 Å². The van der Waals surface area contributed by atoms with Gasteiger partial charge in [0.2, 0.25) is 0 Å². The third-order valence-electron chi connectivity index (χ3n) is 4.31. The van der Waals surface area contributed by atoms with Gasteiger partial charge in [0.05, 0.1) is 5.69 Å².